The molecular weight excluding hydrogens is 330 g/mol. The number of nitrogens with one attached hydrogen (secondary N) is 2. The zero-order valence-electron chi connectivity index (χ0n) is 15.2. The van der Waals surface area contributed by atoms with E-state index in [2.05, 4.69) is 24.5 Å². The van der Waals surface area contributed by atoms with E-state index in [9.17, 15) is 14.4 Å². The molecule has 0 aliphatic carbocycles. The van der Waals surface area contributed by atoms with Crippen molar-refractivity contribution in [3.8, 4) is 0 Å². The molecule has 0 saturated heterocycles. The normalized spacial score (nSPS) is 10.6. The number of nitrogens with zero attached hydrogens (tertiary/aromatic N) is 1. The second-order valence-electron chi connectivity index (χ2n) is 6.62. The van der Waals surface area contributed by atoms with Crippen LogP contribution in [0.3, 0.4) is 0 Å². The number of carbonyl (C=O) groups excluding carboxylic acids is 2. The summed E-state index contributed by atoms with van der Waals surface area (Å²) in [6, 6.07) is 12.3. The van der Waals surface area contributed by atoms with Crippen LogP contribution >= 0.6 is 0 Å². The molecule has 1 heterocycles. The molecule has 0 bridgehead atoms. The lowest BCUT2D eigenvalue weighted by atomic mass is 10.1. The van der Waals surface area contributed by atoms with Crippen LogP contribution in [0.5, 0.6) is 0 Å². The minimum atomic E-state index is -0.269. The second-order valence-corrected chi connectivity index (χ2v) is 6.62. The highest BCUT2D eigenvalue weighted by Gasteiger charge is 2.07. The number of carbonyl (C=O) groups is 2. The van der Waals surface area contributed by atoms with Crippen molar-refractivity contribution in [2.75, 3.05) is 11.9 Å². The maximum absolute atomic E-state index is 11.9. The molecule has 138 valence electrons. The average molecular weight is 355 g/mol. The molecule has 0 radical (unpaired) electrons. The summed E-state index contributed by atoms with van der Waals surface area (Å²) in [6.45, 7) is 4.54. The van der Waals surface area contributed by atoms with Crippen LogP contribution in [0.25, 0.3) is 0 Å². The van der Waals surface area contributed by atoms with Crippen LogP contribution in [0.1, 0.15) is 32.3 Å². The van der Waals surface area contributed by atoms with E-state index < -0.39 is 0 Å². The van der Waals surface area contributed by atoms with E-state index in [1.807, 2.05) is 18.2 Å². The second kappa shape index (κ2) is 9.56. The highest BCUT2D eigenvalue weighted by atomic mass is 16.2. The number of benzene rings is 1. The Kier molecular flexibility index (Phi) is 7.14. The van der Waals surface area contributed by atoms with E-state index in [1.54, 1.807) is 29.0 Å². The van der Waals surface area contributed by atoms with Crippen LogP contribution in [0.2, 0.25) is 0 Å². The van der Waals surface area contributed by atoms with Crippen molar-refractivity contribution >= 4 is 17.5 Å². The summed E-state index contributed by atoms with van der Waals surface area (Å²) >= 11 is 0. The first-order chi connectivity index (χ1) is 12.4. The van der Waals surface area contributed by atoms with Crippen molar-refractivity contribution in [1.82, 2.24) is 9.88 Å². The van der Waals surface area contributed by atoms with Crippen molar-refractivity contribution in [3.63, 3.8) is 0 Å². The highest BCUT2D eigenvalue weighted by molar-refractivity contribution is 5.94. The zero-order valence-corrected chi connectivity index (χ0v) is 15.2. The zero-order chi connectivity index (χ0) is 18.9. The maximum Gasteiger partial charge on any atom is 0.250 e. The third-order valence-electron chi connectivity index (χ3n) is 3.88. The largest absolute Gasteiger partial charge is 0.347 e. The lowest BCUT2D eigenvalue weighted by molar-refractivity contribution is -0.124. The van der Waals surface area contributed by atoms with Crippen LogP contribution in [0.15, 0.2) is 53.5 Å². The molecule has 1 aromatic carbocycles. The molecule has 1 aromatic heterocycles. The molecule has 0 aliphatic heterocycles. The molecular formula is C20H25N3O3. The van der Waals surface area contributed by atoms with Gasteiger partial charge in [-0.05, 0) is 36.1 Å². The minimum Gasteiger partial charge on any atom is -0.347 e. The number of hydrogen-bond acceptors (Lipinski definition) is 3. The molecule has 0 spiro atoms. The van der Waals surface area contributed by atoms with Crippen LogP contribution in [-0.4, -0.2) is 22.9 Å². The van der Waals surface area contributed by atoms with Gasteiger partial charge in [-0.2, -0.15) is 0 Å². The molecule has 6 heteroatoms. The lowest BCUT2D eigenvalue weighted by Gasteiger charge is -2.09. The standard InChI is InChI=1S/C20H25N3O3/c1-15(2)6-11-18(24)21-13-19(25)22-17-9-7-16(8-10-17)14-23-12-4-3-5-20(23)26/h3-5,7-10,12,15H,6,11,13-14H2,1-2H3,(H,21,24)(H,22,25). The summed E-state index contributed by atoms with van der Waals surface area (Å²) in [7, 11) is 0. The molecule has 0 aliphatic rings. The van der Waals surface area contributed by atoms with E-state index in [0.717, 1.165) is 12.0 Å². The fourth-order valence-electron chi connectivity index (χ4n) is 2.37. The Morgan fingerprint density at radius 2 is 1.77 bits per heavy atom. The van der Waals surface area contributed by atoms with Gasteiger partial charge in [-0.1, -0.05) is 32.0 Å². The predicted molar refractivity (Wildman–Crippen MR) is 102 cm³/mol. The van der Waals surface area contributed by atoms with Crippen LogP contribution in [0.4, 0.5) is 5.69 Å². The van der Waals surface area contributed by atoms with Gasteiger partial charge >= 0.3 is 0 Å². The molecule has 0 fully saturated rings. The Balaban J connectivity index is 1.81. The van der Waals surface area contributed by atoms with Gasteiger partial charge in [0, 0.05) is 24.4 Å². The quantitative estimate of drug-likeness (QED) is 0.763. The SMILES string of the molecule is CC(C)CCC(=O)NCC(=O)Nc1ccc(Cn2ccccc2=O)cc1. The number of aromatic nitrogens is 1. The van der Waals surface area contributed by atoms with Gasteiger partial charge in [0.25, 0.3) is 5.56 Å². The van der Waals surface area contributed by atoms with E-state index in [0.29, 0.717) is 24.6 Å². The third kappa shape index (κ3) is 6.55. The number of hydrogen-bond donors (Lipinski definition) is 2. The lowest BCUT2D eigenvalue weighted by Crippen LogP contribution is -2.32. The van der Waals surface area contributed by atoms with Gasteiger partial charge in [0.1, 0.15) is 0 Å². The molecule has 0 atom stereocenters. The van der Waals surface area contributed by atoms with Crippen LogP contribution in [-0.2, 0) is 16.1 Å². The average Bonchev–Trinajstić information content (AvgIpc) is 2.62. The van der Waals surface area contributed by atoms with Crippen molar-refractivity contribution < 1.29 is 9.59 Å². The topological polar surface area (TPSA) is 80.2 Å². The molecule has 26 heavy (non-hydrogen) atoms. The fraction of sp³-hybridized carbons (Fsp3) is 0.350. The first-order valence-electron chi connectivity index (χ1n) is 8.75. The van der Waals surface area contributed by atoms with Crippen molar-refractivity contribution in [2.45, 2.75) is 33.2 Å². The Labute approximate surface area is 153 Å². The molecule has 2 N–H and O–H groups in total. The fourth-order valence-corrected chi connectivity index (χ4v) is 2.37. The van der Waals surface area contributed by atoms with Crippen molar-refractivity contribution in [3.05, 3.63) is 64.6 Å². The number of amides is 2. The molecule has 2 aromatic rings. The summed E-state index contributed by atoms with van der Waals surface area (Å²) < 4.78 is 1.61. The Morgan fingerprint density at radius 1 is 1.04 bits per heavy atom. The Bertz CT molecular complexity index is 794. The van der Waals surface area contributed by atoms with Gasteiger partial charge in [0.15, 0.2) is 0 Å². The molecule has 2 rings (SSSR count). The van der Waals surface area contributed by atoms with Crippen LogP contribution in [0, 0.1) is 5.92 Å². The number of rotatable bonds is 8. The molecule has 0 saturated carbocycles. The predicted octanol–water partition coefficient (Wildman–Crippen LogP) is 2.39. The summed E-state index contributed by atoms with van der Waals surface area (Å²) in [6.07, 6.45) is 2.97. The summed E-state index contributed by atoms with van der Waals surface area (Å²) in [5.41, 5.74) is 1.55. The first-order valence-corrected chi connectivity index (χ1v) is 8.75. The van der Waals surface area contributed by atoms with E-state index >= 15 is 0 Å². The minimum absolute atomic E-state index is 0.0436. The van der Waals surface area contributed by atoms with Gasteiger partial charge in [0.05, 0.1) is 13.1 Å². The molecule has 0 unspecified atom stereocenters. The van der Waals surface area contributed by atoms with Crippen molar-refractivity contribution in [2.24, 2.45) is 5.92 Å². The Morgan fingerprint density at radius 3 is 2.42 bits per heavy atom. The van der Waals surface area contributed by atoms with Gasteiger partial charge in [-0.15, -0.1) is 0 Å². The van der Waals surface area contributed by atoms with E-state index in [1.165, 1.54) is 6.07 Å². The van der Waals surface area contributed by atoms with Gasteiger partial charge in [-0.3, -0.25) is 14.4 Å². The monoisotopic (exact) mass is 355 g/mol. The van der Waals surface area contributed by atoms with E-state index in [4.69, 9.17) is 0 Å². The summed E-state index contributed by atoms with van der Waals surface area (Å²) in [5, 5.41) is 5.36. The van der Waals surface area contributed by atoms with Crippen molar-refractivity contribution in [1.29, 1.82) is 0 Å². The molecule has 6 nitrogen and oxygen atoms in total. The van der Waals surface area contributed by atoms with Gasteiger partial charge in [0.2, 0.25) is 11.8 Å². The summed E-state index contributed by atoms with van der Waals surface area (Å²) in [4.78, 5) is 35.3. The first kappa shape index (κ1) is 19.4. The van der Waals surface area contributed by atoms with Gasteiger partial charge < -0.3 is 15.2 Å². The maximum atomic E-state index is 11.9. The highest BCUT2D eigenvalue weighted by Crippen LogP contribution is 2.10. The Hall–Kier alpha value is -2.89. The number of anilines is 1. The summed E-state index contributed by atoms with van der Waals surface area (Å²) in [5.74, 6) is 0.0762. The van der Waals surface area contributed by atoms with Crippen LogP contribution < -0.4 is 16.2 Å². The van der Waals surface area contributed by atoms with Gasteiger partial charge in [-0.25, -0.2) is 0 Å². The third-order valence-corrected chi connectivity index (χ3v) is 3.88. The van der Waals surface area contributed by atoms with E-state index in [-0.39, 0.29) is 23.9 Å². The smallest absolute Gasteiger partial charge is 0.250 e. The molecule has 2 amide bonds. The number of pyridine rings is 1.